The van der Waals surface area contributed by atoms with E-state index in [-0.39, 0.29) is 5.91 Å². The summed E-state index contributed by atoms with van der Waals surface area (Å²) >= 11 is 0. The van der Waals surface area contributed by atoms with E-state index in [4.69, 9.17) is 0 Å². The Kier molecular flexibility index (Phi) is 5.06. The minimum atomic E-state index is -0.411. The highest BCUT2D eigenvalue weighted by Gasteiger charge is 2.10. The summed E-state index contributed by atoms with van der Waals surface area (Å²) in [7, 11) is 0. The van der Waals surface area contributed by atoms with Gasteiger partial charge in [0, 0.05) is 17.8 Å². The molecule has 0 spiro atoms. The number of amides is 1. The van der Waals surface area contributed by atoms with Crippen molar-refractivity contribution < 1.29 is 9.18 Å². The van der Waals surface area contributed by atoms with Gasteiger partial charge in [0.25, 0.3) is 5.91 Å². The smallest absolute Gasteiger partial charge is 0.256 e. The van der Waals surface area contributed by atoms with Gasteiger partial charge in [-0.3, -0.25) is 4.79 Å². The molecule has 0 fully saturated rings. The highest BCUT2D eigenvalue weighted by Crippen LogP contribution is 2.15. The Hall–Kier alpha value is -2.20. The van der Waals surface area contributed by atoms with Gasteiger partial charge in [0.1, 0.15) is 5.82 Å². The van der Waals surface area contributed by atoms with Crippen LogP contribution in [0.4, 0.5) is 10.1 Å². The van der Waals surface area contributed by atoms with E-state index in [1.54, 1.807) is 13.0 Å². The number of carbonyl (C=O) groups is 1. The van der Waals surface area contributed by atoms with Gasteiger partial charge in [-0.05, 0) is 48.9 Å². The van der Waals surface area contributed by atoms with Gasteiger partial charge in [0.2, 0.25) is 0 Å². The van der Waals surface area contributed by atoms with E-state index < -0.39 is 5.82 Å². The van der Waals surface area contributed by atoms with Crippen molar-refractivity contribution in [3.05, 3.63) is 65.0 Å². The minimum absolute atomic E-state index is 0.299. The average Bonchev–Trinajstić information content (AvgIpc) is 2.48. The van der Waals surface area contributed by atoms with Crippen LogP contribution in [-0.2, 0) is 6.54 Å². The molecule has 2 rings (SSSR count). The molecule has 0 unspecified atom stereocenters. The molecule has 4 heteroatoms. The number of aryl methyl sites for hydroxylation is 1. The zero-order valence-corrected chi connectivity index (χ0v) is 12.2. The van der Waals surface area contributed by atoms with Crippen LogP contribution >= 0.6 is 0 Å². The summed E-state index contributed by atoms with van der Waals surface area (Å²) in [6, 6.07) is 11.8. The fourth-order valence-corrected chi connectivity index (χ4v) is 2.07. The predicted octanol–water partition coefficient (Wildman–Crippen LogP) is 3.50. The number of halogens is 1. The molecular weight excluding hydrogens is 267 g/mol. The standard InChI is InChI=1S/C17H19FN2O/c1-3-19-11-13-5-4-6-15(9-13)20-17(21)16-10-14(18)8-7-12(16)2/h4-10,19H,3,11H2,1-2H3,(H,20,21). The maximum Gasteiger partial charge on any atom is 0.256 e. The Balaban J connectivity index is 2.14. The third-order valence-corrected chi connectivity index (χ3v) is 3.21. The second-order valence-corrected chi connectivity index (χ2v) is 4.89. The first-order valence-electron chi connectivity index (χ1n) is 6.97. The summed E-state index contributed by atoms with van der Waals surface area (Å²) in [5, 5.41) is 6.04. The summed E-state index contributed by atoms with van der Waals surface area (Å²) in [4.78, 5) is 12.2. The van der Waals surface area contributed by atoms with Crippen LogP contribution in [0.5, 0.6) is 0 Å². The molecule has 2 aromatic rings. The lowest BCUT2D eigenvalue weighted by atomic mass is 10.1. The van der Waals surface area contributed by atoms with E-state index in [1.807, 2.05) is 31.2 Å². The van der Waals surface area contributed by atoms with Crippen LogP contribution in [0.3, 0.4) is 0 Å². The molecule has 3 nitrogen and oxygen atoms in total. The number of hydrogen-bond acceptors (Lipinski definition) is 2. The van der Waals surface area contributed by atoms with Gasteiger partial charge >= 0.3 is 0 Å². The van der Waals surface area contributed by atoms with E-state index in [9.17, 15) is 9.18 Å². The quantitative estimate of drug-likeness (QED) is 0.883. The van der Waals surface area contributed by atoms with Crippen LogP contribution < -0.4 is 10.6 Å². The molecule has 0 bridgehead atoms. The third-order valence-electron chi connectivity index (χ3n) is 3.21. The van der Waals surface area contributed by atoms with E-state index in [1.165, 1.54) is 12.1 Å². The van der Waals surface area contributed by atoms with Crippen LogP contribution in [0.1, 0.15) is 28.4 Å². The molecule has 1 amide bonds. The molecule has 0 saturated heterocycles. The second kappa shape index (κ2) is 6.99. The summed E-state index contributed by atoms with van der Waals surface area (Å²) in [6.45, 7) is 5.46. The SMILES string of the molecule is CCNCc1cccc(NC(=O)c2cc(F)ccc2C)c1. The van der Waals surface area contributed by atoms with Gasteiger partial charge < -0.3 is 10.6 Å². The average molecular weight is 286 g/mol. The second-order valence-electron chi connectivity index (χ2n) is 4.89. The predicted molar refractivity (Wildman–Crippen MR) is 82.9 cm³/mol. The fourth-order valence-electron chi connectivity index (χ4n) is 2.07. The van der Waals surface area contributed by atoms with Crippen molar-refractivity contribution in [3.63, 3.8) is 0 Å². The zero-order valence-electron chi connectivity index (χ0n) is 12.2. The Labute approximate surface area is 124 Å². The molecule has 0 aromatic heterocycles. The maximum absolute atomic E-state index is 13.3. The molecule has 21 heavy (non-hydrogen) atoms. The summed E-state index contributed by atoms with van der Waals surface area (Å²) < 4.78 is 13.3. The number of carbonyl (C=O) groups excluding carboxylic acids is 1. The van der Waals surface area contributed by atoms with Gasteiger partial charge in [-0.25, -0.2) is 4.39 Å². The normalized spacial score (nSPS) is 10.4. The van der Waals surface area contributed by atoms with Gasteiger partial charge in [0.15, 0.2) is 0 Å². The van der Waals surface area contributed by atoms with Crippen molar-refractivity contribution in [1.82, 2.24) is 5.32 Å². The first-order chi connectivity index (χ1) is 10.1. The van der Waals surface area contributed by atoms with Crippen LogP contribution in [-0.4, -0.2) is 12.5 Å². The Morgan fingerprint density at radius 1 is 1.19 bits per heavy atom. The van der Waals surface area contributed by atoms with Crippen LogP contribution in [0.15, 0.2) is 42.5 Å². The molecule has 110 valence electrons. The molecule has 2 N–H and O–H groups in total. The van der Waals surface area contributed by atoms with E-state index >= 15 is 0 Å². The van der Waals surface area contributed by atoms with Crippen LogP contribution in [0.25, 0.3) is 0 Å². The van der Waals surface area contributed by atoms with Crippen LogP contribution in [0.2, 0.25) is 0 Å². The van der Waals surface area contributed by atoms with Crippen molar-refractivity contribution in [2.45, 2.75) is 20.4 Å². The Morgan fingerprint density at radius 2 is 2.00 bits per heavy atom. The number of nitrogens with one attached hydrogen (secondary N) is 2. The van der Waals surface area contributed by atoms with Crippen molar-refractivity contribution >= 4 is 11.6 Å². The lowest BCUT2D eigenvalue weighted by Gasteiger charge is -2.09. The van der Waals surface area contributed by atoms with Crippen molar-refractivity contribution in [2.75, 3.05) is 11.9 Å². The number of benzene rings is 2. The Morgan fingerprint density at radius 3 is 2.76 bits per heavy atom. The highest BCUT2D eigenvalue weighted by molar-refractivity contribution is 6.05. The summed E-state index contributed by atoms with van der Waals surface area (Å²) in [6.07, 6.45) is 0. The first-order valence-corrected chi connectivity index (χ1v) is 6.97. The number of hydrogen-bond donors (Lipinski definition) is 2. The Bertz CT molecular complexity index is 640. The van der Waals surface area contributed by atoms with Gasteiger partial charge in [-0.1, -0.05) is 25.1 Å². The van der Waals surface area contributed by atoms with E-state index in [0.717, 1.165) is 24.2 Å². The van der Waals surface area contributed by atoms with Crippen molar-refractivity contribution in [3.8, 4) is 0 Å². The minimum Gasteiger partial charge on any atom is -0.322 e. The molecule has 0 aliphatic rings. The molecule has 2 aromatic carbocycles. The molecular formula is C17H19FN2O. The molecule has 0 aliphatic heterocycles. The van der Waals surface area contributed by atoms with Crippen molar-refractivity contribution in [1.29, 1.82) is 0 Å². The number of anilines is 1. The molecule has 0 aliphatic carbocycles. The van der Waals surface area contributed by atoms with E-state index in [0.29, 0.717) is 11.3 Å². The highest BCUT2D eigenvalue weighted by atomic mass is 19.1. The number of rotatable bonds is 5. The summed E-state index contributed by atoms with van der Waals surface area (Å²) in [5.41, 5.74) is 2.90. The largest absolute Gasteiger partial charge is 0.322 e. The molecule has 0 saturated carbocycles. The third kappa shape index (κ3) is 4.13. The zero-order chi connectivity index (χ0) is 15.2. The topological polar surface area (TPSA) is 41.1 Å². The first kappa shape index (κ1) is 15.2. The fraction of sp³-hybridized carbons (Fsp3) is 0.235. The molecule has 0 radical (unpaired) electrons. The van der Waals surface area contributed by atoms with E-state index in [2.05, 4.69) is 10.6 Å². The molecule has 0 atom stereocenters. The lowest BCUT2D eigenvalue weighted by Crippen LogP contribution is -2.15. The van der Waals surface area contributed by atoms with Crippen molar-refractivity contribution in [2.24, 2.45) is 0 Å². The monoisotopic (exact) mass is 286 g/mol. The molecule has 0 heterocycles. The van der Waals surface area contributed by atoms with Gasteiger partial charge in [-0.2, -0.15) is 0 Å². The maximum atomic E-state index is 13.3. The van der Waals surface area contributed by atoms with Gasteiger partial charge in [0.05, 0.1) is 0 Å². The lowest BCUT2D eigenvalue weighted by molar-refractivity contribution is 0.102. The van der Waals surface area contributed by atoms with Gasteiger partial charge in [-0.15, -0.1) is 0 Å². The van der Waals surface area contributed by atoms with Crippen LogP contribution in [0, 0.1) is 12.7 Å². The summed E-state index contributed by atoms with van der Waals surface area (Å²) in [5.74, 6) is -0.709.